The van der Waals surface area contributed by atoms with Crippen molar-refractivity contribution in [2.75, 3.05) is 16.3 Å². The summed E-state index contributed by atoms with van der Waals surface area (Å²) in [5.41, 5.74) is 2.06. The van der Waals surface area contributed by atoms with Gasteiger partial charge in [0.15, 0.2) is 11.6 Å². The van der Waals surface area contributed by atoms with Crippen molar-refractivity contribution in [1.29, 1.82) is 0 Å². The van der Waals surface area contributed by atoms with Crippen LogP contribution in [0.1, 0.15) is 5.56 Å². The number of nitrogens with zero attached hydrogens (tertiary/aromatic N) is 2. The van der Waals surface area contributed by atoms with Crippen molar-refractivity contribution in [3.05, 3.63) is 42.0 Å². The average Bonchev–Trinajstić information content (AvgIpc) is 2.33. The van der Waals surface area contributed by atoms with E-state index in [1.807, 2.05) is 31.2 Å². The first kappa shape index (κ1) is 13.3. The van der Waals surface area contributed by atoms with Crippen LogP contribution in [-0.2, 0) is 10.0 Å². The molecule has 100 valence electrons. The zero-order valence-electron chi connectivity index (χ0n) is 10.6. The normalized spacial score (nSPS) is 11.1. The molecule has 0 fully saturated rings. The summed E-state index contributed by atoms with van der Waals surface area (Å²) in [4.78, 5) is 0. The zero-order chi connectivity index (χ0) is 13.9. The van der Waals surface area contributed by atoms with Crippen molar-refractivity contribution in [1.82, 2.24) is 10.2 Å². The van der Waals surface area contributed by atoms with Gasteiger partial charge in [-0.2, -0.15) is 0 Å². The van der Waals surface area contributed by atoms with Gasteiger partial charge in [0, 0.05) is 5.69 Å². The van der Waals surface area contributed by atoms with Crippen molar-refractivity contribution in [2.45, 2.75) is 6.92 Å². The molecule has 0 amide bonds. The minimum Gasteiger partial charge on any atom is -0.339 e. The Kier molecular flexibility index (Phi) is 3.66. The van der Waals surface area contributed by atoms with E-state index >= 15 is 0 Å². The number of sulfonamides is 1. The van der Waals surface area contributed by atoms with E-state index < -0.39 is 10.0 Å². The fourth-order valence-electron chi connectivity index (χ4n) is 1.43. The molecule has 0 aliphatic carbocycles. The maximum absolute atomic E-state index is 11.0. The Balaban J connectivity index is 2.08. The second-order valence-electron chi connectivity index (χ2n) is 4.17. The SMILES string of the molecule is Cc1ccc(Nc2ccc(NS(C)(=O)=O)nn2)cc1. The minimum atomic E-state index is -3.33. The summed E-state index contributed by atoms with van der Waals surface area (Å²) in [6, 6.07) is 11.0. The number of aryl methyl sites for hydroxylation is 1. The molecule has 0 aliphatic rings. The van der Waals surface area contributed by atoms with Crippen LogP contribution in [0.3, 0.4) is 0 Å². The average molecular weight is 278 g/mol. The lowest BCUT2D eigenvalue weighted by atomic mass is 10.2. The second-order valence-corrected chi connectivity index (χ2v) is 5.92. The number of rotatable bonds is 4. The Morgan fingerprint density at radius 3 is 2.05 bits per heavy atom. The smallest absolute Gasteiger partial charge is 0.231 e. The van der Waals surface area contributed by atoms with Crippen molar-refractivity contribution in [2.24, 2.45) is 0 Å². The predicted molar refractivity (Wildman–Crippen MR) is 75.0 cm³/mol. The van der Waals surface area contributed by atoms with Crippen LogP contribution in [0.5, 0.6) is 0 Å². The molecule has 1 heterocycles. The quantitative estimate of drug-likeness (QED) is 0.892. The lowest BCUT2D eigenvalue weighted by Gasteiger charge is -2.06. The van der Waals surface area contributed by atoms with Crippen LogP contribution >= 0.6 is 0 Å². The monoisotopic (exact) mass is 278 g/mol. The third-order valence-corrected chi connectivity index (χ3v) is 2.86. The molecule has 0 aliphatic heterocycles. The fraction of sp³-hybridized carbons (Fsp3) is 0.167. The minimum absolute atomic E-state index is 0.192. The number of anilines is 3. The molecule has 2 aromatic rings. The van der Waals surface area contributed by atoms with Crippen LogP contribution in [0.4, 0.5) is 17.3 Å². The summed E-state index contributed by atoms with van der Waals surface area (Å²) in [7, 11) is -3.33. The highest BCUT2D eigenvalue weighted by molar-refractivity contribution is 7.92. The van der Waals surface area contributed by atoms with E-state index in [-0.39, 0.29) is 5.82 Å². The van der Waals surface area contributed by atoms with E-state index in [1.54, 1.807) is 12.1 Å². The van der Waals surface area contributed by atoms with Gasteiger partial charge in [-0.1, -0.05) is 17.7 Å². The first-order chi connectivity index (χ1) is 8.92. The van der Waals surface area contributed by atoms with Gasteiger partial charge < -0.3 is 5.32 Å². The van der Waals surface area contributed by atoms with Gasteiger partial charge in [-0.3, -0.25) is 4.72 Å². The van der Waals surface area contributed by atoms with E-state index in [9.17, 15) is 8.42 Å². The maximum Gasteiger partial charge on any atom is 0.231 e. The molecule has 0 atom stereocenters. The molecule has 6 nitrogen and oxygen atoms in total. The molecule has 0 radical (unpaired) electrons. The third-order valence-electron chi connectivity index (χ3n) is 2.28. The van der Waals surface area contributed by atoms with Crippen molar-refractivity contribution in [3.63, 3.8) is 0 Å². The first-order valence-electron chi connectivity index (χ1n) is 5.57. The molecule has 2 N–H and O–H groups in total. The Bertz CT molecular complexity index is 651. The summed E-state index contributed by atoms with van der Waals surface area (Å²) in [5.74, 6) is 0.736. The summed E-state index contributed by atoms with van der Waals surface area (Å²) in [5, 5.41) is 10.7. The molecule has 19 heavy (non-hydrogen) atoms. The molecule has 0 unspecified atom stereocenters. The van der Waals surface area contributed by atoms with Gasteiger partial charge in [0.2, 0.25) is 10.0 Å². The van der Waals surface area contributed by atoms with E-state index in [0.717, 1.165) is 11.9 Å². The maximum atomic E-state index is 11.0. The van der Waals surface area contributed by atoms with Crippen LogP contribution in [0.2, 0.25) is 0 Å². The fourth-order valence-corrected chi connectivity index (χ4v) is 1.92. The summed E-state index contributed by atoms with van der Waals surface area (Å²) < 4.78 is 24.3. The largest absolute Gasteiger partial charge is 0.339 e. The molecule has 1 aromatic carbocycles. The highest BCUT2D eigenvalue weighted by atomic mass is 32.2. The number of aromatic nitrogens is 2. The topological polar surface area (TPSA) is 84.0 Å². The number of hydrogen-bond acceptors (Lipinski definition) is 5. The first-order valence-corrected chi connectivity index (χ1v) is 7.47. The van der Waals surface area contributed by atoms with Gasteiger partial charge in [-0.15, -0.1) is 10.2 Å². The summed E-state index contributed by atoms with van der Waals surface area (Å²) in [6.45, 7) is 2.01. The van der Waals surface area contributed by atoms with E-state index in [2.05, 4.69) is 20.2 Å². The molecular weight excluding hydrogens is 264 g/mol. The molecule has 0 saturated heterocycles. The highest BCUT2D eigenvalue weighted by Crippen LogP contribution is 2.15. The number of hydrogen-bond donors (Lipinski definition) is 2. The van der Waals surface area contributed by atoms with E-state index in [1.165, 1.54) is 5.56 Å². The number of benzene rings is 1. The highest BCUT2D eigenvalue weighted by Gasteiger charge is 2.03. The molecule has 0 saturated carbocycles. The summed E-state index contributed by atoms with van der Waals surface area (Å²) in [6.07, 6.45) is 1.06. The van der Waals surface area contributed by atoms with Gasteiger partial charge in [0.05, 0.1) is 6.26 Å². The molecule has 7 heteroatoms. The van der Waals surface area contributed by atoms with Crippen molar-refractivity contribution in [3.8, 4) is 0 Å². The molecule has 1 aromatic heterocycles. The van der Waals surface area contributed by atoms with E-state index in [0.29, 0.717) is 5.82 Å². The van der Waals surface area contributed by atoms with Crippen molar-refractivity contribution >= 4 is 27.3 Å². The Hall–Kier alpha value is -2.15. The van der Waals surface area contributed by atoms with Crippen LogP contribution < -0.4 is 10.0 Å². The van der Waals surface area contributed by atoms with Crippen LogP contribution in [-0.4, -0.2) is 24.9 Å². The van der Waals surface area contributed by atoms with Crippen molar-refractivity contribution < 1.29 is 8.42 Å². The Morgan fingerprint density at radius 1 is 0.947 bits per heavy atom. The zero-order valence-corrected chi connectivity index (χ0v) is 11.4. The Morgan fingerprint density at radius 2 is 1.53 bits per heavy atom. The molecule has 2 rings (SSSR count). The van der Waals surface area contributed by atoms with Gasteiger partial charge in [0.25, 0.3) is 0 Å². The molecular formula is C12H14N4O2S. The van der Waals surface area contributed by atoms with Gasteiger partial charge in [-0.05, 0) is 31.2 Å². The van der Waals surface area contributed by atoms with Crippen LogP contribution in [0, 0.1) is 6.92 Å². The van der Waals surface area contributed by atoms with E-state index in [4.69, 9.17) is 0 Å². The second kappa shape index (κ2) is 5.23. The predicted octanol–water partition coefficient (Wildman–Crippen LogP) is 1.90. The van der Waals surface area contributed by atoms with Gasteiger partial charge >= 0.3 is 0 Å². The van der Waals surface area contributed by atoms with Crippen LogP contribution in [0.25, 0.3) is 0 Å². The van der Waals surface area contributed by atoms with Gasteiger partial charge in [-0.25, -0.2) is 8.42 Å². The number of nitrogens with one attached hydrogen (secondary N) is 2. The van der Waals surface area contributed by atoms with Gasteiger partial charge in [0.1, 0.15) is 0 Å². The third kappa shape index (κ3) is 4.22. The standard InChI is InChI=1S/C12H14N4O2S/c1-9-3-5-10(6-4-9)13-11-7-8-12(15-14-11)16-19(2,17)18/h3-8H,1-2H3,(H,13,14)(H,15,16). The summed E-state index contributed by atoms with van der Waals surface area (Å²) >= 11 is 0. The lowest BCUT2D eigenvalue weighted by Crippen LogP contribution is -2.11. The molecule has 0 bridgehead atoms. The Labute approximate surface area is 111 Å². The lowest BCUT2D eigenvalue weighted by molar-refractivity contribution is 0.606. The van der Waals surface area contributed by atoms with Crippen LogP contribution in [0.15, 0.2) is 36.4 Å². The molecule has 0 spiro atoms.